The standard InChI is InChI=1S/C16H15ClN4OS/c1-22-15-8-4-12(5-9-15)10-21-16(18-19-20-21)23-11-13-2-6-14(17)7-3-13/h2-9H,10-11H2,1H3. The summed E-state index contributed by atoms with van der Waals surface area (Å²) < 4.78 is 6.96. The summed E-state index contributed by atoms with van der Waals surface area (Å²) in [6, 6.07) is 15.7. The Kier molecular flexibility index (Phi) is 5.15. The number of tetrazole rings is 1. The number of methoxy groups -OCH3 is 1. The zero-order valence-corrected chi connectivity index (χ0v) is 14.1. The Morgan fingerprint density at radius 3 is 2.43 bits per heavy atom. The molecule has 1 heterocycles. The summed E-state index contributed by atoms with van der Waals surface area (Å²) in [5.74, 6) is 1.63. The Labute approximate surface area is 143 Å². The van der Waals surface area contributed by atoms with E-state index in [2.05, 4.69) is 15.5 Å². The number of hydrogen-bond acceptors (Lipinski definition) is 5. The van der Waals surface area contributed by atoms with Crippen LogP contribution in [-0.2, 0) is 12.3 Å². The van der Waals surface area contributed by atoms with Crippen LogP contribution >= 0.6 is 23.4 Å². The van der Waals surface area contributed by atoms with Gasteiger partial charge in [0.1, 0.15) is 5.75 Å². The minimum absolute atomic E-state index is 0.625. The van der Waals surface area contributed by atoms with Crippen LogP contribution < -0.4 is 4.74 Å². The van der Waals surface area contributed by atoms with E-state index in [1.54, 1.807) is 23.6 Å². The second-order valence-corrected chi connectivity index (χ2v) is 6.26. The number of rotatable bonds is 6. The summed E-state index contributed by atoms with van der Waals surface area (Å²) in [4.78, 5) is 0. The van der Waals surface area contributed by atoms with Gasteiger partial charge in [-0.05, 0) is 45.8 Å². The van der Waals surface area contributed by atoms with Crippen LogP contribution in [0.1, 0.15) is 11.1 Å². The quantitative estimate of drug-likeness (QED) is 0.637. The molecule has 7 heteroatoms. The molecule has 3 rings (SSSR count). The number of ether oxygens (including phenoxy) is 1. The minimum atomic E-state index is 0.625. The highest BCUT2D eigenvalue weighted by atomic mass is 35.5. The van der Waals surface area contributed by atoms with Gasteiger partial charge in [-0.2, -0.15) is 0 Å². The van der Waals surface area contributed by atoms with Gasteiger partial charge >= 0.3 is 0 Å². The first-order valence-electron chi connectivity index (χ1n) is 7.01. The maximum atomic E-state index is 5.90. The lowest BCUT2D eigenvalue weighted by Crippen LogP contribution is -2.04. The van der Waals surface area contributed by atoms with E-state index in [1.807, 2.05) is 48.5 Å². The van der Waals surface area contributed by atoms with Gasteiger partial charge < -0.3 is 4.74 Å². The van der Waals surface area contributed by atoms with Crippen LogP contribution in [0, 0.1) is 0 Å². The van der Waals surface area contributed by atoms with Gasteiger partial charge in [0, 0.05) is 10.8 Å². The number of benzene rings is 2. The van der Waals surface area contributed by atoms with E-state index in [1.165, 1.54) is 5.56 Å². The third kappa shape index (κ3) is 4.24. The van der Waals surface area contributed by atoms with E-state index in [9.17, 15) is 0 Å². The number of thioether (sulfide) groups is 1. The molecule has 5 nitrogen and oxygen atoms in total. The summed E-state index contributed by atoms with van der Waals surface area (Å²) in [5.41, 5.74) is 2.30. The highest BCUT2D eigenvalue weighted by Gasteiger charge is 2.08. The Morgan fingerprint density at radius 1 is 1.04 bits per heavy atom. The molecule has 0 N–H and O–H groups in total. The van der Waals surface area contributed by atoms with Crippen molar-refractivity contribution < 1.29 is 4.74 Å². The van der Waals surface area contributed by atoms with Crippen molar-refractivity contribution in [1.29, 1.82) is 0 Å². The number of hydrogen-bond donors (Lipinski definition) is 0. The van der Waals surface area contributed by atoms with Crippen LogP contribution in [0.2, 0.25) is 5.02 Å². The summed E-state index contributed by atoms with van der Waals surface area (Å²) in [5, 5.41) is 13.5. The molecule has 3 aromatic rings. The minimum Gasteiger partial charge on any atom is -0.497 e. The van der Waals surface area contributed by atoms with Crippen molar-refractivity contribution >= 4 is 23.4 Å². The fourth-order valence-electron chi connectivity index (χ4n) is 2.03. The molecule has 0 atom stereocenters. The molecule has 2 aromatic carbocycles. The van der Waals surface area contributed by atoms with Crippen LogP contribution in [0.5, 0.6) is 5.75 Å². The molecule has 0 radical (unpaired) electrons. The predicted octanol–water partition coefficient (Wildman–Crippen LogP) is 3.68. The molecule has 0 spiro atoms. The first kappa shape index (κ1) is 15.8. The van der Waals surface area contributed by atoms with Crippen molar-refractivity contribution in [2.45, 2.75) is 17.5 Å². The smallest absolute Gasteiger partial charge is 0.209 e. The van der Waals surface area contributed by atoms with Crippen LogP contribution in [-0.4, -0.2) is 27.3 Å². The van der Waals surface area contributed by atoms with E-state index in [-0.39, 0.29) is 0 Å². The normalized spacial score (nSPS) is 10.7. The molecule has 0 aliphatic carbocycles. The third-order valence-corrected chi connectivity index (χ3v) is 4.55. The lowest BCUT2D eigenvalue weighted by Gasteiger charge is -2.06. The van der Waals surface area contributed by atoms with Gasteiger partial charge in [-0.3, -0.25) is 0 Å². The summed E-state index contributed by atoms with van der Waals surface area (Å²) >= 11 is 7.49. The molecule has 1 aromatic heterocycles. The second kappa shape index (κ2) is 7.48. The van der Waals surface area contributed by atoms with E-state index >= 15 is 0 Å². The molecule has 0 unspecified atom stereocenters. The Morgan fingerprint density at radius 2 is 1.74 bits per heavy atom. The van der Waals surface area contributed by atoms with Crippen molar-refractivity contribution in [2.75, 3.05) is 7.11 Å². The average molecular weight is 347 g/mol. The maximum Gasteiger partial charge on any atom is 0.209 e. The predicted molar refractivity (Wildman–Crippen MR) is 90.9 cm³/mol. The van der Waals surface area contributed by atoms with Crippen LogP contribution in [0.4, 0.5) is 0 Å². The van der Waals surface area contributed by atoms with Crippen molar-refractivity contribution in [3.05, 3.63) is 64.7 Å². The summed E-state index contributed by atoms with van der Waals surface area (Å²) in [6.45, 7) is 0.625. The fraction of sp³-hybridized carbons (Fsp3) is 0.188. The number of aromatic nitrogens is 4. The number of nitrogens with zero attached hydrogens (tertiary/aromatic N) is 4. The second-order valence-electron chi connectivity index (χ2n) is 4.88. The molecule has 0 aliphatic rings. The van der Waals surface area contributed by atoms with Crippen LogP contribution in [0.25, 0.3) is 0 Å². The Balaban J connectivity index is 1.65. The molecule has 0 amide bonds. The first-order valence-corrected chi connectivity index (χ1v) is 8.37. The van der Waals surface area contributed by atoms with Gasteiger partial charge in [-0.25, -0.2) is 4.68 Å². The lowest BCUT2D eigenvalue weighted by molar-refractivity contribution is 0.414. The fourth-order valence-corrected chi connectivity index (χ4v) is 2.99. The van der Waals surface area contributed by atoms with Crippen LogP contribution in [0.15, 0.2) is 53.7 Å². The van der Waals surface area contributed by atoms with Crippen LogP contribution in [0.3, 0.4) is 0 Å². The molecular weight excluding hydrogens is 332 g/mol. The van der Waals surface area contributed by atoms with Gasteiger partial charge in [0.15, 0.2) is 0 Å². The highest BCUT2D eigenvalue weighted by Crippen LogP contribution is 2.22. The van der Waals surface area contributed by atoms with Crippen molar-refractivity contribution in [3.63, 3.8) is 0 Å². The van der Waals surface area contributed by atoms with Gasteiger partial charge in [-0.1, -0.05) is 47.6 Å². The molecular formula is C16H15ClN4OS. The van der Waals surface area contributed by atoms with Crippen molar-refractivity contribution in [3.8, 4) is 5.75 Å². The molecule has 0 saturated heterocycles. The van der Waals surface area contributed by atoms with Crippen molar-refractivity contribution in [2.24, 2.45) is 0 Å². The monoisotopic (exact) mass is 346 g/mol. The topological polar surface area (TPSA) is 52.8 Å². The van der Waals surface area contributed by atoms with Gasteiger partial charge in [0.2, 0.25) is 5.16 Å². The molecule has 0 fully saturated rings. The molecule has 23 heavy (non-hydrogen) atoms. The zero-order chi connectivity index (χ0) is 16.1. The van der Waals surface area contributed by atoms with Crippen molar-refractivity contribution in [1.82, 2.24) is 20.2 Å². The first-order chi connectivity index (χ1) is 11.2. The molecule has 0 saturated carbocycles. The zero-order valence-electron chi connectivity index (χ0n) is 12.5. The van der Waals surface area contributed by atoms with E-state index < -0.39 is 0 Å². The van der Waals surface area contributed by atoms with E-state index in [0.29, 0.717) is 6.54 Å². The molecule has 118 valence electrons. The maximum absolute atomic E-state index is 5.90. The third-order valence-electron chi connectivity index (χ3n) is 3.27. The van der Waals surface area contributed by atoms with Gasteiger partial charge in [0.05, 0.1) is 13.7 Å². The average Bonchev–Trinajstić information content (AvgIpc) is 3.02. The SMILES string of the molecule is COc1ccc(Cn2nnnc2SCc2ccc(Cl)cc2)cc1. The molecule has 0 aliphatic heterocycles. The Hall–Kier alpha value is -2.05. The lowest BCUT2D eigenvalue weighted by atomic mass is 10.2. The van der Waals surface area contributed by atoms with E-state index in [4.69, 9.17) is 16.3 Å². The summed E-state index contributed by atoms with van der Waals surface area (Å²) in [6.07, 6.45) is 0. The van der Waals surface area contributed by atoms with Gasteiger partial charge in [0.25, 0.3) is 0 Å². The number of halogens is 1. The van der Waals surface area contributed by atoms with E-state index in [0.717, 1.165) is 27.2 Å². The largest absolute Gasteiger partial charge is 0.497 e. The molecule has 0 bridgehead atoms. The Bertz CT molecular complexity index is 759. The summed E-state index contributed by atoms with van der Waals surface area (Å²) in [7, 11) is 1.65. The highest BCUT2D eigenvalue weighted by molar-refractivity contribution is 7.98. The van der Waals surface area contributed by atoms with Gasteiger partial charge in [-0.15, -0.1) is 5.10 Å².